The standard InChI is InChI=1S/C16H24N2O2/c1-20-15-4-2-3-13(11-15)5-6-16(19)18-10-8-14-7-9-17-12-14/h2-4,11,14,17H,5-10,12H2,1H3,(H,18,19). The minimum absolute atomic E-state index is 0.138. The van der Waals surface area contributed by atoms with Crippen LogP contribution in [0.2, 0.25) is 0 Å². The van der Waals surface area contributed by atoms with Crippen LogP contribution in [0.5, 0.6) is 5.75 Å². The number of methoxy groups -OCH3 is 1. The number of carbonyl (C=O) groups is 1. The van der Waals surface area contributed by atoms with Gasteiger partial charge in [0, 0.05) is 13.0 Å². The lowest BCUT2D eigenvalue weighted by Gasteiger charge is -2.09. The second-order valence-corrected chi connectivity index (χ2v) is 5.35. The molecule has 1 atom stereocenters. The molecule has 0 bridgehead atoms. The van der Waals surface area contributed by atoms with E-state index in [0.29, 0.717) is 6.42 Å². The van der Waals surface area contributed by atoms with Crippen molar-refractivity contribution in [2.45, 2.75) is 25.7 Å². The van der Waals surface area contributed by atoms with Crippen LogP contribution >= 0.6 is 0 Å². The van der Waals surface area contributed by atoms with Gasteiger partial charge < -0.3 is 15.4 Å². The maximum atomic E-state index is 11.8. The van der Waals surface area contributed by atoms with E-state index >= 15 is 0 Å². The van der Waals surface area contributed by atoms with Gasteiger partial charge in [-0.05, 0) is 56.0 Å². The zero-order valence-corrected chi connectivity index (χ0v) is 12.2. The maximum Gasteiger partial charge on any atom is 0.220 e. The van der Waals surface area contributed by atoms with Crippen LogP contribution in [0, 0.1) is 5.92 Å². The van der Waals surface area contributed by atoms with E-state index in [0.717, 1.165) is 49.7 Å². The Labute approximate surface area is 120 Å². The number of carbonyl (C=O) groups excluding carboxylic acids is 1. The second-order valence-electron chi connectivity index (χ2n) is 5.35. The van der Waals surface area contributed by atoms with E-state index < -0.39 is 0 Å². The maximum absolute atomic E-state index is 11.8. The third-order valence-electron chi connectivity index (χ3n) is 3.81. The van der Waals surface area contributed by atoms with Crippen LogP contribution in [-0.4, -0.2) is 32.7 Å². The largest absolute Gasteiger partial charge is 0.497 e. The van der Waals surface area contributed by atoms with Crippen molar-refractivity contribution in [3.8, 4) is 5.75 Å². The van der Waals surface area contributed by atoms with Gasteiger partial charge in [0.2, 0.25) is 5.91 Å². The van der Waals surface area contributed by atoms with E-state index in [9.17, 15) is 4.79 Å². The number of hydrogen-bond acceptors (Lipinski definition) is 3. The molecule has 1 amide bonds. The molecular weight excluding hydrogens is 252 g/mol. The van der Waals surface area contributed by atoms with E-state index in [4.69, 9.17) is 4.74 Å². The van der Waals surface area contributed by atoms with Crippen LogP contribution in [-0.2, 0) is 11.2 Å². The third kappa shape index (κ3) is 4.85. The first-order valence-electron chi connectivity index (χ1n) is 7.38. The van der Waals surface area contributed by atoms with Crippen molar-refractivity contribution in [1.29, 1.82) is 0 Å². The Bertz CT molecular complexity index is 428. The fraction of sp³-hybridized carbons (Fsp3) is 0.562. The van der Waals surface area contributed by atoms with Gasteiger partial charge in [-0.25, -0.2) is 0 Å². The molecular formula is C16H24N2O2. The van der Waals surface area contributed by atoms with Crippen molar-refractivity contribution in [3.63, 3.8) is 0 Å². The second kappa shape index (κ2) is 7.90. The molecule has 2 N–H and O–H groups in total. The first-order valence-corrected chi connectivity index (χ1v) is 7.38. The van der Waals surface area contributed by atoms with Gasteiger partial charge in [0.1, 0.15) is 5.75 Å². The molecule has 0 saturated carbocycles. The third-order valence-corrected chi connectivity index (χ3v) is 3.81. The molecule has 0 spiro atoms. The highest BCUT2D eigenvalue weighted by molar-refractivity contribution is 5.76. The lowest BCUT2D eigenvalue weighted by atomic mass is 10.1. The molecule has 1 heterocycles. The normalized spacial score (nSPS) is 17.9. The van der Waals surface area contributed by atoms with Crippen molar-refractivity contribution in [2.24, 2.45) is 5.92 Å². The predicted molar refractivity (Wildman–Crippen MR) is 79.9 cm³/mol. The van der Waals surface area contributed by atoms with Gasteiger partial charge in [-0.2, -0.15) is 0 Å². The topological polar surface area (TPSA) is 50.4 Å². The van der Waals surface area contributed by atoms with Gasteiger partial charge in [-0.1, -0.05) is 12.1 Å². The number of aryl methyl sites for hydroxylation is 1. The lowest BCUT2D eigenvalue weighted by molar-refractivity contribution is -0.121. The summed E-state index contributed by atoms with van der Waals surface area (Å²) in [6.45, 7) is 3.01. The van der Waals surface area contributed by atoms with Gasteiger partial charge in [0.15, 0.2) is 0 Å². The van der Waals surface area contributed by atoms with Crippen molar-refractivity contribution >= 4 is 5.91 Å². The number of amides is 1. The molecule has 2 rings (SSSR count). The minimum atomic E-state index is 0.138. The molecule has 0 aliphatic carbocycles. The average molecular weight is 276 g/mol. The highest BCUT2D eigenvalue weighted by atomic mass is 16.5. The fourth-order valence-corrected chi connectivity index (χ4v) is 2.55. The SMILES string of the molecule is COc1cccc(CCC(=O)NCCC2CCNC2)c1. The minimum Gasteiger partial charge on any atom is -0.497 e. The summed E-state index contributed by atoms with van der Waals surface area (Å²) in [5.41, 5.74) is 1.14. The molecule has 4 nitrogen and oxygen atoms in total. The molecule has 20 heavy (non-hydrogen) atoms. The molecule has 1 aliphatic heterocycles. The van der Waals surface area contributed by atoms with Gasteiger partial charge in [-0.15, -0.1) is 0 Å². The average Bonchev–Trinajstić information content (AvgIpc) is 2.98. The monoisotopic (exact) mass is 276 g/mol. The first-order chi connectivity index (χ1) is 9.78. The van der Waals surface area contributed by atoms with Crippen LogP contribution < -0.4 is 15.4 Å². The van der Waals surface area contributed by atoms with Gasteiger partial charge in [0.05, 0.1) is 7.11 Å². The zero-order chi connectivity index (χ0) is 14.2. The molecule has 1 unspecified atom stereocenters. The number of benzene rings is 1. The summed E-state index contributed by atoms with van der Waals surface area (Å²) in [6.07, 6.45) is 3.61. The highest BCUT2D eigenvalue weighted by Gasteiger charge is 2.13. The van der Waals surface area contributed by atoms with Crippen molar-refractivity contribution in [1.82, 2.24) is 10.6 Å². The fourth-order valence-electron chi connectivity index (χ4n) is 2.55. The molecule has 1 fully saturated rings. The summed E-state index contributed by atoms with van der Waals surface area (Å²) >= 11 is 0. The van der Waals surface area contributed by atoms with Crippen LogP contribution in [0.25, 0.3) is 0 Å². The van der Waals surface area contributed by atoms with E-state index in [1.54, 1.807) is 7.11 Å². The highest BCUT2D eigenvalue weighted by Crippen LogP contribution is 2.14. The smallest absolute Gasteiger partial charge is 0.220 e. The van der Waals surface area contributed by atoms with E-state index in [2.05, 4.69) is 10.6 Å². The number of nitrogens with one attached hydrogen (secondary N) is 2. The molecule has 0 aromatic heterocycles. The van der Waals surface area contributed by atoms with Crippen LogP contribution in [0.3, 0.4) is 0 Å². The Morgan fingerprint density at radius 3 is 3.15 bits per heavy atom. The van der Waals surface area contributed by atoms with Crippen molar-refractivity contribution < 1.29 is 9.53 Å². The molecule has 1 aromatic carbocycles. The Kier molecular flexibility index (Phi) is 5.87. The number of hydrogen-bond donors (Lipinski definition) is 2. The molecule has 1 aromatic rings. The summed E-state index contributed by atoms with van der Waals surface area (Å²) < 4.78 is 5.18. The summed E-state index contributed by atoms with van der Waals surface area (Å²) in [4.78, 5) is 11.8. The van der Waals surface area contributed by atoms with E-state index in [1.165, 1.54) is 6.42 Å². The summed E-state index contributed by atoms with van der Waals surface area (Å²) in [5, 5.41) is 6.35. The Morgan fingerprint density at radius 2 is 2.40 bits per heavy atom. The molecule has 110 valence electrons. The van der Waals surface area contributed by atoms with Crippen molar-refractivity contribution in [3.05, 3.63) is 29.8 Å². The number of ether oxygens (including phenoxy) is 1. The van der Waals surface area contributed by atoms with E-state index in [1.807, 2.05) is 24.3 Å². The van der Waals surface area contributed by atoms with Crippen LogP contribution in [0.4, 0.5) is 0 Å². The molecule has 1 saturated heterocycles. The van der Waals surface area contributed by atoms with E-state index in [-0.39, 0.29) is 5.91 Å². The molecule has 1 aliphatic rings. The molecule has 4 heteroatoms. The van der Waals surface area contributed by atoms with Crippen molar-refractivity contribution in [2.75, 3.05) is 26.7 Å². The van der Waals surface area contributed by atoms with Gasteiger partial charge in [-0.3, -0.25) is 4.79 Å². The Balaban J connectivity index is 1.63. The van der Waals surface area contributed by atoms with Gasteiger partial charge >= 0.3 is 0 Å². The Morgan fingerprint density at radius 1 is 1.50 bits per heavy atom. The number of rotatable bonds is 7. The first kappa shape index (κ1) is 14.9. The van der Waals surface area contributed by atoms with Gasteiger partial charge in [0.25, 0.3) is 0 Å². The van der Waals surface area contributed by atoms with Crippen LogP contribution in [0.15, 0.2) is 24.3 Å². The summed E-state index contributed by atoms with van der Waals surface area (Å²) in [7, 11) is 1.66. The lowest BCUT2D eigenvalue weighted by Crippen LogP contribution is -2.26. The summed E-state index contributed by atoms with van der Waals surface area (Å²) in [6, 6.07) is 7.88. The van der Waals surface area contributed by atoms with Crippen LogP contribution in [0.1, 0.15) is 24.8 Å². The quantitative estimate of drug-likeness (QED) is 0.797. The Hall–Kier alpha value is -1.55. The zero-order valence-electron chi connectivity index (χ0n) is 12.2. The summed E-state index contributed by atoms with van der Waals surface area (Å²) in [5.74, 6) is 1.71. The predicted octanol–water partition coefficient (Wildman–Crippen LogP) is 1.74. The molecule has 0 radical (unpaired) electrons.